The molecule has 3 nitrogen and oxygen atoms in total. The largest absolute Gasteiger partial charge is 0.455 e. The van der Waals surface area contributed by atoms with Gasteiger partial charge in [0.2, 0.25) is 0 Å². The minimum Gasteiger partial charge on any atom is -0.455 e. The summed E-state index contributed by atoms with van der Waals surface area (Å²) in [5.74, 6) is 0.813. The average Bonchev–Trinajstić information content (AvgIpc) is 3.18. The van der Waals surface area contributed by atoms with E-state index in [2.05, 4.69) is 113 Å². The van der Waals surface area contributed by atoms with Crippen LogP contribution >= 0.6 is 39.1 Å². The summed E-state index contributed by atoms with van der Waals surface area (Å²) in [6.45, 7) is 9.82. The Morgan fingerprint density at radius 3 is 2.17 bits per heavy atom. The first-order valence-electron chi connectivity index (χ1n) is 12.1. The van der Waals surface area contributed by atoms with E-state index in [1.54, 1.807) is 0 Å². The molecular weight excluding hydrogens is 595 g/mol. The number of hydrogen-bond donors (Lipinski definition) is 0. The summed E-state index contributed by atoms with van der Waals surface area (Å²) >= 11 is 7.28. The molecule has 4 aromatic carbocycles. The van der Waals surface area contributed by atoms with Gasteiger partial charge in [0.25, 0.3) is 0 Å². The van der Waals surface area contributed by atoms with E-state index in [4.69, 9.17) is 9.27 Å². The number of nitrogens with zero attached hydrogens (tertiary/aromatic N) is 2. The Balaban J connectivity index is 1.85. The zero-order valence-corrected chi connectivity index (χ0v) is 24.9. The Morgan fingerprint density at radius 2 is 1.47 bits per heavy atom. The van der Waals surface area contributed by atoms with Crippen LogP contribution in [0.4, 0.5) is 5.69 Å². The van der Waals surface area contributed by atoms with Gasteiger partial charge in [0.1, 0.15) is 5.75 Å². The fraction of sp³-hybridized carbons (Fsp3) is 0.200. The molecule has 1 heterocycles. The number of aryl methyl sites for hydroxylation is 1. The van der Waals surface area contributed by atoms with E-state index < -0.39 is 7.28 Å². The molecule has 0 fully saturated rings. The molecule has 0 saturated carbocycles. The number of halogens is 2. The summed E-state index contributed by atoms with van der Waals surface area (Å²) in [6.07, 6.45) is 0. The van der Waals surface area contributed by atoms with E-state index in [9.17, 15) is 0 Å². The molecule has 1 atom stereocenters. The van der Waals surface area contributed by atoms with Crippen LogP contribution in [0.3, 0.4) is 0 Å². The summed E-state index contributed by atoms with van der Waals surface area (Å²) in [5, 5.41) is 3.35. The molecule has 0 unspecified atom stereocenters. The third-order valence-corrected chi connectivity index (χ3v) is 11.5. The van der Waals surface area contributed by atoms with Crippen molar-refractivity contribution in [1.29, 1.82) is 0 Å². The first-order chi connectivity index (χ1) is 17.2. The number of aromatic nitrogens is 1. The molecule has 5 aromatic rings. The maximum absolute atomic E-state index is 7.06. The number of rotatable bonds is 5. The topological polar surface area (TPSA) is 26.5 Å². The Bertz CT molecular complexity index is 1610. The van der Waals surface area contributed by atoms with Gasteiger partial charge in [-0.3, -0.25) is 0 Å². The second-order valence-electron chi connectivity index (χ2n) is 9.81. The Labute approximate surface area is 229 Å². The third-order valence-electron chi connectivity index (χ3n) is 6.48. The Hall–Kier alpha value is -2.33. The molecule has 0 radical (unpaired) electrons. The maximum atomic E-state index is 7.06. The van der Waals surface area contributed by atoms with Crippen LogP contribution in [0.2, 0.25) is 0 Å². The van der Waals surface area contributed by atoms with Gasteiger partial charge in [0, 0.05) is 47.8 Å². The zero-order valence-electron chi connectivity index (χ0n) is 20.9. The molecule has 184 valence electrons. The Kier molecular flexibility index (Phi) is 6.93. The van der Waals surface area contributed by atoms with Gasteiger partial charge >= 0.3 is 0 Å². The minimum absolute atomic E-state index is 0.272. The monoisotopic (exact) mass is 622 g/mol. The number of benzene rings is 4. The van der Waals surface area contributed by atoms with Crippen molar-refractivity contribution in [2.75, 3.05) is 0 Å². The Morgan fingerprint density at radius 1 is 0.806 bits per heavy atom. The lowest BCUT2D eigenvalue weighted by Gasteiger charge is -2.37. The van der Waals surface area contributed by atoms with Crippen LogP contribution in [0.25, 0.3) is 21.8 Å². The van der Waals surface area contributed by atoms with Gasteiger partial charge in [-0.05, 0) is 83.5 Å². The highest BCUT2D eigenvalue weighted by Crippen LogP contribution is 2.62. The molecule has 0 saturated heterocycles. The van der Waals surface area contributed by atoms with Crippen molar-refractivity contribution >= 4 is 71.9 Å². The van der Waals surface area contributed by atoms with Gasteiger partial charge in [-0.1, -0.05) is 67.0 Å². The van der Waals surface area contributed by atoms with Crippen LogP contribution in [0, 0.1) is 0 Å². The average molecular weight is 624 g/mol. The van der Waals surface area contributed by atoms with Crippen molar-refractivity contribution in [3.63, 3.8) is 0 Å². The van der Waals surface area contributed by atoms with E-state index in [0.717, 1.165) is 32.2 Å². The standard InChI is InChI=1S/C30H29Br2N2OP/c1-5-34-28-13-9-6-10-24(28)25-20-23(18-19-29(25)34)36(30(2,3)4,33-27-12-8-7-11-26(27)32)35-22-16-14-21(31)15-17-22/h6-20H,5H2,1-4H3/t36-/m1/s1. The highest BCUT2D eigenvalue weighted by atomic mass is 79.9. The van der Waals surface area contributed by atoms with Crippen molar-refractivity contribution in [2.24, 2.45) is 4.74 Å². The van der Waals surface area contributed by atoms with Crippen molar-refractivity contribution < 1.29 is 4.52 Å². The predicted octanol–water partition coefficient (Wildman–Crippen LogP) is 10.3. The number of para-hydroxylation sites is 1. The molecule has 0 aliphatic rings. The van der Waals surface area contributed by atoms with Crippen LogP contribution in [-0.2, 0) is 6.54 Å². The van der Waals surface area contributed by atoms with E-state index in [0.29, 0.717) is 0 Å². The SMILES string of the molecule is CCn1c2ccccc2c2cc([P@@](=Nc3ccccc3Br)(Oc3ccc(Br)cc3)C(C)(C)C)ccc21. The second-order valence-corrected chi connectivity index (χ2v) is 15.0. The quantitative estimate of drug-likeness (QED) is 0.179. The summed E-state index contributed by atoms with van der Waals surface area (Å²) in [4.78, 5) is 0. The fourth-order valence-electron chi connectivity index (χ4n) is 4.71. The van der Waals surface area contributed by atoms with Gasteiger partial charge in [0.05, 0.1) is 5.69 Å². The van der Waals surface area contributed by atoms with Gasteiger partial charge in [0.15, 0.2) is 7.28 Å². The van der Waals surface area contributed by atoms with Crippen LogP contribution in [0.1, 0.15) is 27.7 Å². The lowest BCUT2D eigenvalue weighted by molar-refractivity contribution is 0.571. The van der Waals surface area contributed by atoms with Crippen molar-refractivity contribution in [1.82, 2.24) is 4.57 Å². The molecule has 0 amide bonds. The van der Waals surface area contributed by atoms with Crippen LogP contribution < -0.4 is 9.83 Å². The van der Waals surface area contributed by atoms with Gasteiger partial charge in [-0.25, -0.2) is 4.74 Å². The first kappa shape index (κ1) is 25.3. The fourth-order valence-corrected chi connectivity index (χ4v) is 8.58. The van der Waals surface area contributed by atoms with Crippen molar-refractivity contribution in [3.8, 4) is 5.75 Å². The van der Waals surface area contributed by atoms with Crippen LogP contribution in [0.5, 0.6) is 5.75 Å². The van der Waals surface area contributed by atoms with Crippen molar-refractivity contribution in [2.45, 2.75) is 39.4 Å². The molecular formula is C30H29Br2N2OP. The molecule has 0 aliphatic carbocycles. The van der Waals surface area contributed by atoms with Gasteiger partial charge in [-0.2, -0.15) is 0 Å². The highest BCUT2D eigenvalue weighted by molar-refractivity contribution is 9.10. The van der Waals surface area contributed by atoms with Gasteiger partial charge < -0.3 is 9.09 Å². The summed E-state index contributed by atoms with van der Waals surface area (Å²) in [6, 6.07) is 31.6. The smallest absolute Gasteiger partial charge is 0.173 e. The second kappa shape index (κ2) is 9.85. The van der Waals surface area contributed by atoms with Crippen molar-refractivity contribution in [3.05, 3.63) is 99.9 Å². The van der Waals surface area contributed by atoms with E-state index in [-0.39, 0.29) is 5.16 Å². The first-order valence-corrected chi connectivity index (χ1v) is 15.3. The van der Waals surface area contributed by atoms with Crippen LogP contribution in [-0.4, -0.2) is 9.72 Å². The third kappa shape index (κ3) is 4.47. The molecule has 1 aromatic heterocycles. The highest BCUT2D eigenvalue weighted by Gasteiger charge is 2.39. The maximum Gasteiger partial charge on any atom is 0.173 e. The molecule has 0 spiro atoms. The molecule has 36 heavy (non-hydrogen) atoms. The molecule has 0 aliphatic heterocycles. The number of fused-ring (bicyclic) bond motifs is 3. The van der Waals surface area contributed by atoms with E-state index in [1.807, 2.05) is 42.5 Å². The molecule has 5 rings (SSSR count). The predicted molar refractivity (Wildman–Crippen MR) is 162 cm³/mol. The van der Waals surface area contributed by atoms with Crippen LogP contribution in [0.15, 0.2) is 105 Å². The number of hydrogen-bond acceptors (Lipinski definition) is 2. The summed E-state index contributed by atoms with van der Waals surface area (Å²) in [7, 11) is -2.63. The molecule has 0 bridgehead atoms. The molecule has 6 heteroatoms. The summed E-state index contributed by atoms with van der Waals surface area (Å²) in [5.41, 5.74) is 3.39. The van der Waals surface area contributed by atoms with Gasteiger partial charge in [-0.15, -0.1) is 0 Å². The molecule has 0 N–H and O–H groups in total. The zero-order chi connectivity index (χ0) is 25.5. The lowest BCUT2D eigenvalue weighted by Crippen LogP contribution is -2.27. The van der Waals surface area contributed by atoms with E-state index >= 15 is 0 Å². The normalized spacial score (nSPS) is 13.6. The lowest BCUT2D eigenvalue weighted by atomic mass is 10.1. The summed E-state index contributed by atoms with van der Waals surface area (Å²) < 4.78 is 16.9. The van der Waals surface area contributed by atoms with E-state index in [1.165, 1.54) is 21.8 Å². The minimum atomic E-state index is -2.63.